The second-order valence-corrected chi connectivity index (χ2v) is 5.44. The predicted octanol–water partition coefficient (Wildman–Crippen LogP) is 3.22. The molecule has 0 radical (unpaired) electrons. The lowest BCUT2D eigenvalue weighted by Gasteiger charge is -2.43. The van der Waals surface area contributed by atoms with Gasteiger partial charge >= 0.3 is 0 Å². The Hall–Kier alpha value is -1.13. The summed E-state index contributed by atoms with van der Waals surface area (Å²) in [5.41, 5.74) is 0.485. The van der Waals surface area contributed by atoms with Gasteiger partial charge in [0, 0.05) is 17.2 Å². The van der Waals surface area contributed by atoms with Crippen LogP contribution in [-0.4, -0.2) is 37.7 Å². The Bertz CT molecular complexity index is 430. The van der Waals surface area contributed by atoms with E-state index in [9.17, 15) is 4.39 Å². The van der Waals surface area contributed by atoms with Crippen LogP contribution in [0.15, 0.2) is 18.2 Å². The number of hydrogen-bond donors (Lipinski definition) is 1. The summed E-state index contributed by atoms with van der Waals surface area (Å²) in [6.07, 6.45) is 0. The Labute approximate surface area is 122 Å². The summed E-state index contributed by atoms with van der Waals surface area (Å²) in [6, 6.07) is 4.97. The van der Waals surface area contributed by atoms with E-state index in [1.54, 1.807) is 19.2 Å². The minimum absolute atomic E-state index is 0.0895. The summed E-state index contributed by atoms with van der Waals surface area (Å²) in [5, 5.41) is 3.26. The van der Waals surface area contributed by atoms with Gasteiger partial charge in [-0.15, -0.1) is 0 Å². The fourth-order valence-electron chi connectivity index (χ4n) is 2.98. The smallest absolute Gasteiger partial charge is 0.131 e. The molecule has 20 heavy (non-hydrogen) atoms. The molecule has 3 nitrogen and oxygen atoms in total. The van der Waals surface area contributed by atoms with Crippen LogP contribution in [0, 0.1) is 5.82 Å². The minimum Gasteiger partial charge on any atom is -0.497 e. The average molecular weight is 282 g/mol. The molecule has 1 unspecified atom stereocenters. The van der Waals surface area contributed by atoms with Crippen molar-refractivity contribution in [1.82, 2.24) is 10.2 Å². The number of hydrogen-bond acceptors (Lipinski definition) is 3. The highest BCUT2D eigenvalue weighted by Crippen LogP contribution is 2.33. The Morgan fingerprint density at radius 3 is 2.30 bits per heavy atom. The van der Waals surface area contributed by atoms with E-state index in [1.165, 1.54) is 6.07 Å². The molecule has 0 amide bonds. The average Bonchev–Trinajstić information content (AvgIpc) is 2.42. The van der Waals surface area contributed by atoms with Gasteiger partial charge in [0.15, 0.2) is 0 Å². The van der Waals surface area contributed by atoms with E-state index in [0.29, 0.717) is 11.3 Å². The maximum absolute atomic E-state index is 14.3. The molecule has 0 fully saturated rings. The second-order valence-electron chi connectivity index (χ2n) is 5.44. The molecular formula is C16H27FN2O. The van der Waals surface area contributed by atoms with Gasteiger partial charge in [0.2, 0.25) is 0 Å². The van der Waals surface area contributed by atoms with E-state index in [4.69, 9.17) is 4.74 Å². The number of nitrogens with zero attached hydrogens (tertiary/aromatic N) is 1. The number of nitrogens with one attached hydrogen (secondary N) is 1. The van der Waals surface area contributed by atoms with E-state index in [-0.39, 0.29) is 17.4 Å². The van der Waals surface area contributed by atoms with Crippen molar-refractivity contribution in [2.24, 2.45) is 0 Å². The molecule has 0 bridgehead atoms. The normalized spacial score (nSPS) is 13.6. The maximum Gasteiger partial charge on any atom is 0.131 e. The number of ether oxygens (including phenoxy) is 1. The van der Waals surface area contributed by atoms with Crippen molar-refractivity contribution in [3.05, 3.63) is 29.6 Å². The highest BCUT2D eigenvalue weighted by molar-refractivity contribution is 5.32. The van der Waals surface area contributed by atoms with Gasteiger partial charge < -0.3 is 10.1 Å². The van der Waals surface area contributed by atoms with Crippen LogP contribution in [0.1, 0.15) is 39.3 Å². The molecule has 0 aromatic heterocycles. The van der Waals surface area contributed by atoms with Crippen LogP contribution in [0.4, 0.5) is 4.39 Å². The van der Waals surface area contributed by atoms with Gasteiger partial charge in [-0.3, -0.25) is 4.90 Å². The minimum atomic E-state index is -0.232. The number of rotatable bonds is 7. The molecule has 1 rings (SSSR count). The van der Waals surface area contributed by atoms with Crippen LogP contribution in [0.5, 0.6) is 5.75 Å². The van der Waals surface area contributed by atoms with E-state index in [2.05, 4.69) is 37.9 Å². The summed E-state index contributed by atoms with van der Waals surface area (Å²) >= 11 is 0. The highest BCUT2D eigenvalue weighted by Gasteiger charge is 2.35. The standard InChI is InChI=1S/C16H27FN2O/c1-7-19(8-2)16(3,4)15(18-5)13-10-9-12(20-6)11-14(13)17/h9-11,15,18H,7-8H2,1-6H3. The van der Waals surface area contributed by atoms with Gasteiger partial charge in [0.25, 0.3) is 0 Å². The van der Waals surface area contributed by atoms with Gasteiger partial charge in [-0.05, 0) is 40.1 Å². The lowest BCUT2D eigenvalue weighted by Crippen LogP contribution is -2.52. The van der Waals surface area contributed by atoms with Crippen LogP contribution < -0.4 is 10.1 Å². The molecule has 0 saturated heterocycles. The fourth-order valence-corrected chi connectivity index (χ4v) is 2.98. The first kappa shape index (κ1) is 16.9. The summed E-state index contributed by atoms with van der Waals surface area (Å²) < 4.78 is 19.4. The van der Waals surface area contributed by atoms with Crippen LogP contribution in [0.3, 0.4) is 0 Å². The molecule has 0 aliphatic heterocycles. The molecule has 0 aliphatic rings. The SMILES string of the molecule is CCN(CC)C(C)(C)C(NC)c1ccc(OC)cc1F. The summed E-state index contributed by atoms with van der Waals surface area (Å²) in [5.74, 6) is 0.311. The lowest BCUT2D eigenvalue weighted by molar-refractivity contribution is 0.0929. The van der Waals surface area contributed by atoms with Gasteiger partial charge in [-0.1, -0.05) is 19.9 Å². The first-order chi connectivity index (χ1) is 9.42. The number of benzene rings is 1. The fraction of sp³-hybridized carbons (Fsp3) is 0.625. The Morgan fingerprint density at radius 2 is 1.90 bits per heavy atom. The van der Waals surface area contributed by atoms with Crippen LogP contribution in [-0.2, 0) is 0 Å². The molecular weight excluding hydrogens is 255 g/mol. The quantitative estimate of drug-likeness (QED) is 0.831. The van der Waals surface area contributed by atoms with Gasteiger partial charge in [0.1, 0.15) is 11.6 Å². The van der Waals surface area contributed by atoms with Crippen molar-refractivity contribution in [2.75, 3.05) is 27.2 Å². The molecule has 1 N–H and O–H groups in total. The molecule has 1 aromatic carbocycles. The zero-order valence-corrected chi connectivity index (χ0v) is 13.5. The molecule has 0 aliphatic carbocycles. The van der Waals surface area contributed by atoms with Crippen molar-refractivity contribution in [3.63, 3.8) is 0 Å². The first-order valence-electron chi connectivity index (χ1n) is 7.18. The first-order valence-corrected chi connectivity index (χ1v) is 7.18. The van der Waals surface area contributed by atoms with E-state index >= 15 is 0 Å². The molecule has 1 aromatic rings. The monoisotopic (exact) mass is 282 g/mol. The number of likely N-dealkylation sites (N-methyl/N-ethyl adjacent to an activating group) is 2. The zero-order chi connectivity index (χ0) is 15.3. The van der Waals surface area contributed by atoms with Crippen molar-refractivity contribution in [2.45, 2.75) is 39.3 Å². The van der Waals surface area contributed by atoms with Gasteiger partial charge in [0.05, 0.1) is 13.2 Å². The summed E-state index contributed by atoms with van der Waals surface area (Å²) in [4.78, 5) is 2.33. The number of halogens is 1. The molecule has 4 heteroatoms. The van der Waals surface area contributed by atoms with E-state index < -0.39 is 0 Å². The summed E-state index contributed by atoms with van der Waals surface area (Å²) in [6.45, 7) is 10.4. The highest BCUT2D eigenvalue weighted by atomic mass is 19.1. The lowest BCUT2D eigenvalue weighted by atomic mass is 9.86. The second kappa shape index (κ2) is 7.04. The Balaban J connectivity index is 3.18. The third-order valence-corrected chi connectivity index (χ3v) is 4.09. The van der Waals surface area contributed by atoms with Gasteiger partial charge in [-0.25, -0.2) is 4.39 Å². The van der Waals surface area contributed by atoms with E-state index in [1.807, 2.05) is 7.05 Å². The Kier molecular flexibility index (Phi) is 5.96. The van der Waals surface area contributed by atoms with Crippen LogP contribution in [0.25, 0.3) is 0 Å². The topological polar surface area (TPSA) is 24.5 Å². The maximum atomic E-state index is 14.3. The molecule has 1 atom stereocenters. The largest absolute Gasteiger partial charge is 0.497 e. The summed E-state index contributed by atoms with van der Waals surface area (Å²) in [7, 11) is 3.42. The third-order valence-electron chi connectivity index (χ3n) is 4.09. The predicted molar refractivity (Wildman–Crippen MR) is 81.8 cm³/mol. The van der Waals surface area contributed by atoms with Crippen molar-refractivity contribution in [3.8, 4) is 5.75 Å². The van der Waals surface area contributed by atoms with E-state index in [0.717, 1.165) is 13.1 Å². The Morgan fingerprint density at radius 1 is 1.30 bits per heavy atom. The molecule has 114 valence electrons. The van der Waals surface area contributed by atoms with Crippen LogP contribution in [0.2, 0.25) is 0 Å². The number of methoxy groups -OCH3 is 1. The van der Waals surface area contributed by atoms with Crippen molar-refractivity contribution < 1.29 is 9.13 Å². The van der Waals surface area contributed by atoms with Gasteiger partial charge in [-0.2, -0.15) is 0 Å². The van der Waals surface area contributed by atoms with Crippen molar-refractivity contribution in [1.29, 1.82) is 0 Å². The molecule has 0 saturated carbocycles. The van der Waals surface area contributed by atoms with Crippen molar-refractivity contribution >= 4 is 0 Å². The van der Waals surface area contributed by atoms with Crippen LogP contribution >= 0.6 is 0 Å². The molecule has 0 heterocycles. The zero-order valence-electron chi connectivity index (χ0n) is 13.5. The molecule has 0 spiro atoms. The third kappa shape index (κ3) is 3.30.